The molecule has 2 aliphatic rings. The van der Waals surface area contributed by atoms with Crippen molar-refractivity contribution in [2.45, 2.75) is 31.6 Å². The third-order valence-electron chi connectivity index (χ3n) is 4.30. The van der Waals surface area contributed by atoms with Gasteiger partial charge in [-0.1, -0.05) is 5.16 Å². The fourth-order valence-corrected chi connectivity index (χ4v) is 4.70. The molecule has 0 spiro atoms. The molecule has 0 saturated carbocycles. The number of nitrogens with zero attached hydrogens (tertiary/aromatic N) is 3. The van der Waals surface area contributed by atoms with Crippen LogP contribution in [0.2, 0.25) is 0 Å². The number of thioether (sulfide) groups is 1. The number of ether oxygens (including phenoxy) is 3. The van der Waals surface area contributed by atoms with E-state index in [-0.39, 0.29) is 28.8 Å². The summed E-state index contributed by atoms with van der Waals surface area (Å²) in [7, 11) is 1.27. The Hall–Kier alpha value is -3.33. The molecule has 33 heavy (non-hydrogen) atoms. The van der Waals surface area contributed by atoms with Crippen molar-refractivity contribution in [3.63, 3.8) is 0 Å². The quantitative estimate of drug-likeness (QED) is 0.167. The molecule has 178 valence electrons. The summed E-state index contributed by atoms with van der Waals surface area (Å²) >= 11 is 2.47. The molecule has 2 unspecified atom stereocenters. The number of carbonyl (C=O) groups excluding carboxylic acids is 4. The van der Waals surface area contributed by atoms with Crippen molar-refractivity contribution in [3.8, 4) is 0 Å². The van der Waals surface area contributed by atoms with Gasteiger partial charge >= 0.3 is 12.1 Å². The van der Waals surface area contributed by atoms with Crippen LogP contribution >= 0.6 is 23.1 Å². The average molecular weight is 500 g/mol. The highest BCUT2D eigenvalue weighted by Gasteiger charge is 2.53. The highest BCUT2D eigenvalue weighted by molar-refractivity contribution is 8.00. The van der Waals surface area contributed by atoms with Crippen LogP contribution in [-0.2, 0) is 33.4 Å². The van der Waals surface area contributed by atoms with Gasteiger partial charge in [-0.2, -0.15) is 0 Å². The summed E-state index contributed by atoms with van der Waals surface area (Å²) in [4.78, 5) is 59.3. The Bertz CT molecular complexity index is 1010. The number of rotatable bonds is 8. The Morgan fingerprint density at radius 1 is 1.39 bits per heavy atom. The Balaban J connectivity index is 1.64. The fraction of sp³-hybridized carbons (Fsp3) is 0.444. The summed E-state index contributed by atoms with van der Waals surface area (Å²) in [6, 6.07) is -0.912. The molecule has 13 nitrogen and oxygen atoms in total. The highest BCUT2D eigenvalue weighted by atomic mass is 32.2. The zero-order valence-corrected chi connectivity index (χ0v) is 19.4. The van der Waals surface area contributed by atoms with Gasteiger partial charge in [0.2, 0.25) is 6.29 Å². The minimum absolute atomic E-state index is 0.00776. The van der Waals surface area contributed by atoms with Gasteiger partial charge in [-0.15, -0.1) is 23.1 Å². The fourth-order valence-electron chi connectivity index (χ4n) is 2.95. The number of carbonyl (C=O) groups is 4. The van der Waals surface area contributed by atoms with Gasteiger partial charge in [-0.3, -0.25) is 14.5 Å². The van der Waals surface area contributed by atoms with E-state index in [1.54, 1.807) is 6.92 Å². The number of oxime groups is 1. The van der Waals surface area contributed by atoms with E-state index in [1.165, 1.54) is 42.2 Å². The minimum Gasteiger partial charge on any atom is -0.435 e. The van der Waals surface area contributed by atoms with E-state index >= 15 is 0 Å². The van der Waals surface area contributed by atoms with Gasteiger partial charge in [-0.25, -0.2) is 14.6 Å². The van der Waals surface area contributed by atoms with Crippen LogP contribution in [0.3, 0.4) is 0 Å². The first-order chi connectivity index (χ1) is 15.8. The van der Waals surface area contributed by atoms with Crippen molar-refractivity contribution in [1.29, 1.82) is 0 Å². The lowest BCUT2D eigenvalue weighted by molar-refractivity contribution is -0.168. The maximum atomic E-state index is 12.8. The number of nitrogens with one attached hydrogen (secondary N) is 1. The normalized spacial score (nSPS) is 20.6. The molecule has 0 aromatic carbocycles. The zero-order chi connectivity index (χ0) is 24.1. The molecule has 3 heterocycles. The molecular formula is C18H21N5O8S2. The first-order valence-corrected chi connectivity index (χ1v) is 11.5. The van der Waals surface area contributed by atoms with E-state index in [0.29, 0.717) is 5.75 Å². The Morgan fingerprint density at radius 2 is 2.15 bits per heavy atom. The summed E-state index contributed by atoms with van der Waals surface area (Å²) in [5.74, 6) is -1.66. The lowest BCUT2D eigenvalue weighted by Crippen LogP contribution is -2.70. The number of anilines is 1. The van der Waals surface area contributed by atoms with Crippen LogP contribution in [-0.4, -0.2) is 76.7 Å². The van der Waals surface area contributed by atoms with Crippen LogP contribution in [0.15, 0.2) is 22.3 Å². The van der Waals surface area contributed by atoms with Gasteiger partial charge < -0.3 is 30.1 Å². The Kier molecular flexibility index (Phi) is 7.75. The SMILES string of the molecule is CCOC(=O)OC(C)OC(=O)C1=CCS[C@@H]2C(NC(=O)/C(=N\OC)c3csc(N)n3)C(=O)N12. The molecular weight excluding hydrogens is 478 g/mol. The number of nitrogen functional groups attached to an aromatic ring is 1. The van der Waals surface area contributed by atoms with Crippen molar-refractivity contribution in [1.82, 2.24) is 15.2 Å². The molecule has 1 fully saturated rings. The lowest BCUT2D eigenvalue weighted by atomic mass is 10.0. The number of fused-ring (bicyclic) bond motifs is 1. The van der Waals surface area contributed by atoms with Crippen molar-refractivity contribution >= 4 is 57.9 Å². The van der Waals surface area contributed by atoms with Gasteiger partial charge in [0, 0.05) is 18.1 Å². The molecule has 3 rings (SSSR count). The van der Waals surface area contributed by atoms with Crippen molar-refractivity contribution < 1.29 is 38.2 Å². The molecule has 3 atom stereocenters. The maximum absolute atomic E-state index is 12.8. The third-order valence-corrected chi connectivity index (χ3v) is 6.16. The topological polar surface area (TPSA) is 172 Å². The molecule has 2 amide bonds. The van der Waals surface area contributed by atoms with Gasteiger partial charge in [-0.05, 0) is 13.0 Å². The lowest BCUT2D eigenvalue weighted by Gasteiger charge is -2.48. The first kappa shape index (κ1) is 24.3. The van der Waals surface area contributed by atoms with E-state index < -0.39 is 41.6 Å². The Morgan fingerprint density at radius 3 is 2.79 bits per heavy atom. The number of thiazole rings is 1. The van der Waals surface area contributed by atoms with Crippen molar-refractivity contribution in [2.24, 2.45) is 5.16 Å². The summed E-state index contributed by atoms with van der Waals surface area (Å²) < 4.78 is 14.5. The third kappa shape index (κ3) is 5.36. The molecule has 1 aromatic heterocycles. The number of aromatic nitrogens is 1. The van der Waals surface area contributed by atoms with E-state index in [1.807, 2.05) is 0 Å². The van der Waals surface area contributed by atoms with Gasteiger partial charge in [0.25, 0.3) is 11.8 Å². The molecule has 2 aliphatic heterocycles. The number of hydrogen-bond donors (Lipinski definition) is 2. The summed E-state index contributed by atoms with van der Waals surface area (Å²) in [6.45, 7) is 3.04. The monoisotopic (exact) mass is 499 g/mol. The summed E-state index contributed by atoms with van der Waals surface area (Å²) in [5, 5.41) is 7.51. The Labute approximate surface area is 196 Å². The summed E-state index contributed by atoms with van der Waals surface area (Å²) in [6.07, 6.45) is -0.690. The molecule has 0 aliphatic carbocycles. The molecule has 1 saturated heterocycles. The summed E-state index contributed by atoms with van der Waals surface area (Å²) in [5.41, 5.74) is 5.67. The number of nitrogens with two attached hydrogens (primary N) is 1. The average Bonchev–Trinajstić information content (AvgIpc) is 3.20. The largest absolute Gasteiger partial charge is 0.511 e. The van der Waals surface area contributed by atoms with E-state index in [0.717, 1.165) is 11.3 Å². The van der Waals surface area contributed by atoms with Crippen LogP contribution in [0.5, 0.6) is 0 Å². The van der Waals surface area contributed by atoms with Crippen molar-refractivity contribution in [3.05, 3.63) is 22.8 Å². The molecule has 3 N–H and O–H groups in total. The standard InChI is InChI=1S/C18H21N5O8S2/c1-4-29-18(27)31-8(2)30-16(26)10-5-6-32-15-12(14(25)23(10)15)21-13(24)11(22-28-3)9-7-33-17(19)20-9/h5,7-8,12,15H,4,6H2,1-3H3,(H2,19,20)(H,21,24)/b22-11-/t8?,12?,15-/m1/s1. The van der Waals surface area contributed by atoms with Crippen LogP contribution in [0.1, 0.15) is 19.5 Å². The van der Waals surface area contributed by atoms with Crippen LogP contribution < -0.4 is 11.1 Å². The smallest absolute Gasteiger partial charge is 0.435 e. The second-order valence-electron chi connectivity index (χ2n) is 6.44. The highest BCUT2D eigenvalue weighted by Crippen LogP contribution is 2.38. The van der Waals surface area contributed by atoms with Crippen LogP contribution in [0.25, 0.3) is 0 Å². The first-order valence-electron chi connectivity index (χ1n) is 9.59. The second kappa shape index (κ2) is 10.5. The number of hydrogen-bond acceptors (Lipinski definition) is 13. The zero-order valence-electron chi connectivity index (χ0n) is 17.8. The number of esters is 1. The minimum atomic E-state index is -1.23. The molecule has 0 radical (unpaired) electrons. The van der Waals surface area contributed by atoms with Crippen molar-refractivity contribution in [2.75, 3.05) is 25.2 Å². The number of β-lactam (4-membered cyclic amide) rings is 1. The molecule has 1 aromatic rings. The molecule has 15 heteroatoms. The predicted octanol–water partition coefficient (Wildman–Crippen LogP) is 0.422. The van der Waals surface area contributed by atoms with Gasteiger partial charge in [0.05, 0.1) is 6.61 Å². The van der Waals surface area contributed by atoms with Crippen LogP contribution in [0, 0.1) is 0 Å². The maximum Gasteiger partial charge on any atom is 0.511 e. The van der Waals surface area contributed by atoms with E-state index in [2.05, 4.69) is 20.2 Å². The second-order valence-corrected chi connectivity index (χ2v) is 8.48. The van der Waals surface area contributed by atoms with Gasteiger partial charge in [0.15, 0.2) is 10.8 Å². The van der Waals surface area contributed by atoms with E-state index in [4.69, 9.17) is 20.0 Å². The van der Waals surface area contributed by atoms with E-state index in [9.17, 15) is 19.2 Å². The van der Waals surface area contributed by atoms with Crippen LogP contribution in [0.4, 0.5) is 9.93 Å². The number of amides is 2. The molecule has 0 bridgehead atoms. The predicted molar refractivity (Wildman–Crippen MR) is 117 cm³/mol. The van der Waals surface area contributed by atoms with Gasteiger partial charge in [0.1, 0.15) is 29.9 Å².